The lowest BCUT2D eigenvalue weighted by Crippen LogP contribution is -2.54. The maximum Gasteiger partial charge on any atom is 0.264 e. The normalized spacial score (nSPS) is 14.0. The average molecular weight is 652 g/mol. The molecular weight excluding hydrogens is 607 g/mol. The third-order valence-corrected chi connectivity index (χ3v) is 10.9. The molecule has 1 N–H and O–H groups in total. The van der Waals surface area contributed by atoms with Crippen LogP contribution in [0, 0.1) is 27.7 Å². The molecule has 0 heterocycles. The van der Waals surface area contributed by atoms with Gasteiger partial charge in [-0.2, -0.15) is 0 Å². The SMILES string of the molecule is Cc1ccc(S(=O)(=O)N(CC(=O)N(Cc2ccccc2C)[C@H](Cc2ccccc2)C(=O)NC2CCCC2)c2cc(C)ccc2C)cc1. The topological polar surface area (TPSA) is 86.8 Å². The Hall–Kier alpha value is -4.43. The fourth-order valence-electron chi connectivity index (χ4n) is 6.23. The first-order valence-electron chi connectivity index (χ1n) is 16.4. The molecule has 1 saturated carbocycles. The number of hydrogen-bond donors (Lipinski definition) is 1. The molecule has 47 heavy (non-hydrogen) atoms. The molecule has 0 aromatic heterocycles. The average Bonchev–Trinajstić information content (AvgIpc) is 3.57. The molecule has 4 aromatic carbocycles. The fraction of sp³-hybridized carbons (Fsp3) is 0.333. The number of carbonyl (C=O) groups excluding carboxylic acids is 2. The van der Waals surface area contributed by atoms with Gasteiger partial charge < -0.3 is 10.2 Å². The highest BCUT2D eigenvalue weighted by atomic mass is 32.2. The van der Waals surface area contributed by atoms with Crippen LogP contribution in [-0.4, -0.2) is 43.8 Å². The first-order valence-corrected chi connectivity index (χ1v) is 17.8. The van der Waals surface area contributed by atoms with Crippen molar-refractivity contribution in [2.75, 3.05) is 10.8 Å². The van der Waals surface area contributed by atoms with Gasteiger partial charge in [0, 0.05) is 19.0 Å². The number of rotatable bonds is 12. The van der Waals surface area contributed by atoms with Crippen LogP contribution in [0.2, 0.25) is 0 Å². The van der Waals surface area contributed by atoms with Gasteiger partial charge in [0.2, 0.25) is 11.8 Å². The van der Waals surface area contributed by atoms with Crippen LogP contribution in [0.4, 0.5) is 5.69 Å². The summed E-state index contributed by atoms with van der Waals surface area (Å²) in [5.41, 5.74) is 5.76. The third-order valence-electron chi connectivity index (χ3n) is 9.10. The zero-order chi connectivity index (χ0) is 33.6. The minimum absolute atomic E-state index is 0.0598. The first-order chi connectivity index (χ1) is 22.5. The molecule has 0 radical (unpaired) electrons. The summed E-state index contributed by atoms with van der Waals surface area (Å²) in [6, 6.07) is 28.9. The second-order valence-corrected chi connectivity index (χ2v) is 14.6. The lowest BCUT2D eigenvalue weighted by Gasteiger charge is -2.35. The first kappa shape index (κ1) is 33.9. The number of benzene rings is 4. The smallest absolute Gasteiger partial charge is 0.264 e. The van der Waals surface area contributed by atoms with E-state index in [1.807, 2.05) is 94.4 Å². The lowest BCUT2D eigenvalue weighted by molar-refractivity contribution is -0.140. The Morgan fingerprint density at radius 1 is 0.787 bits per heavy atom. The summed E-state index contributed by atoms with van der Waals surface area (Å²) < 4.78 is 30.0. The minimum atomic E-state index is -4.16. The van der Waals surface area contributed by atoms with Gasteiger partial charge in [0.1, 0.15) is 12.6 Å². The number of amides is 2. The summed E-state index contributed by atoms with van der Waals surface area (Å²) in [6.45, 7) is 7.31. The minimum Gasteiger partial charge on any atom is -0.352 e. The van der Waals surface area contributed by atoms with E-state index in [1.54, 1.807) is 35.2 Å². The highest BCUT2D eigenvalue weighted by Crippen LogP contribution is 2.29. The van der Waals surface area contributed by atoms with Crippen molar-refractivity contribution < 1.29 is 18.0 Å². The number of hydrogen-bond acceptors (Lipinski definition) is 4. The Morgan fingerprint density at radius 2 is 1.43 bits per heavy atom. The van der Waals surface area contributed by atoms with Crippen LogP contribution in [0.25, 0.3) is 0 Å². The zero-order valence-corrected chi connectivity index (χ0v) is 28.6. The van der Waals surface area contributed by atoms with Crippen LogP contribution < -0.4 is 9.62 Å². The molecule has 4 aromatic rings. The summed E-state index contributed by atoms with van der Waals surface area (Å²) in [5, 5.41) is 3.23. The summed E-state index contributed by atoms with van der Waals surface area (Å²) >= 11 is 0. The zero-order valence-electron chi connectivity index (χ0n) is 27.8. The number of anilines is 1. The van der Waals surface area contributed by atoms with Gasteiger partial charge in [0.15, 0.2) is 0 Å². The fourth-order valence-corrected chi connectivity index (χ4v) is 7.70. The van der Waals surface area contributed by atoms with Crippen LogP contribution in [0.3, 0.4) is 0 Å². The van der Waals surface area contributed by atoms with Crippen molar-refractivity contribution in [1.82, 2.24) is 10.2 Å². The monoisotopic (exact) mass is 651 g/mol. The molecule has 0 unspecified atom stereocenters. The number of nitrogens with zero attached hydrogens (tertiary/aromatic N) is 2. The molecule has 1 atom stereocenters. The molecule has 0 spiro atoms. The molecule has 8 heteroatoms. The molecule has 1 aliphatic carbocycles. The molecule has 1 aliphatic rings. The van der Waals surface area contributed by atoms with Crippen LogP contribution >= 0.6 is 0 Å². The van der Waals surface area contributed by atoms with Crippen molar-refractivity contribution in [3.8, 4) is 0 Å². The lowest BCUT2D eigenvalue weighted by atomic mass is 10.0. The van der Waals surface area contributed by atoms with E-state index in [9.17, 15) is 18.0 Å². The van der Waals surface area contributed by atoms with Crippen molar-refractivity contribution >= 4 is 27.5 Å². The standard InChI is InChI=1S/C39H45N3O4S/c1-28-19-22-35(23-20-28)47(45,46)42(36-24-29(2)18-21-31(36)4)27-38(43)41(26-33-15-9-8-12-30(33)3)37(25-32-13-6-5-7-14-32)39(44)40-34-16-10-11-17-34/h5-9,12-15,18-24,34,37H,10-11,16-17,25-27H2,1-4H3,(H,40,44)/t37-/m1/s1. The van der Waals surface area contributed by atoms with Gasteiger partial charge in [-0.25, -0.2) is 8.42 Å². The number of nitrogens with one attached hydrogen (secondary N) is 1. The Labute approximate surface area is 279 Å². The maximum atomic E-state index is 14.8. The molecule has 5 rings (SSSR count). The van der Waals surface area contributed by atoms with Crippen molar-refractivity contribution in [1.29, 1.82) is 0 Å². The van der Waals surface area contributed by atoms with Crippen molar-refractivity contribution in [2.45, 2.75) is 83.3 Å². The van der Waals surface area contributed by atoms with E-state index in [1.165, 1.54) is 4.31 Å². The number of aryl methyl sites for hydroxylation is 4. The van der Waals surface area contributed by atoms with Crippen LogP contribution in [-0.2, 0) is 32.6 Å². The van der Waals surface area contributed by atoms with Gasteiger partial charge in [-0.05, 0) is 86.6 Å². The number of sulfonamides is 1. The van der Waals surface area contributed by atoms with E-state index in [0.29, 0.717) is 12.1 Å². The van der Waals surface area contributed by atoms with Crippen molar-refractivity contribution in [2.24, 2.45) is 0 Å². The van der Waals surface area contributed by atoms with Gasteiger partial charge in [0.05, 0.1) is 10.6 Å². The van der Waals surface area contributed by atoms with Gasteiger partial charge in [-0.1, -0.05) is 97.3 Å². The van der Waals surface area contributed by atoms with Crippen LogP contribution in [0.1, 0.15) is 59.1 Å². The second kappa shape index (κ2) is 15.0. The van der Waals surface area contributed by atoms with Gasteiger partial charge >= 0.3 is 0 Å². The van der Waals surface area contributed by atoms with E-state index < -0.39 is 28.5 Å². The highest BCUT2D eigenvalue weighted by molar-refractivity contribution is 7.92. The summed E-state index contributed by atoms with van der Waals surface area (Å²) in [7, 11) is -4.16. The highest BCUT2D eigenvalue weighted by Gasteiger charge is 2.36. The van der Waals surface area contributed by atoms with E-state index in [0.717, 1.165) is 59.1 Å². The Balaban J connectivity index is 1.60. The van der Waals surface area contributed by atoms with Crippen LogP contribution in [0.15, 0.2) is 102 Å². The van der Waals surface area contributed by atoms with Crippen molar-refractivity contribution in [3.05, 3.63) is 130 Å². The van der Waals surface area contributed by atoms with E-state index >= 15 is 0 Å². The second-order valence-electron chi connectivity index (χ2n) is 12.8. The molecular formula is C39H45N3O4S. The quantitative estimate of drug-likeness (QED) is 0.182. The predicted octanol–water partition coefficient (Wildman–Crippen LogP) is 6.81. The van der Waals surface area contributed by atoms with Gasteiger partial charge in [0.25, 0.3) is 10.0 Å². The molecule has 0 saturated heterocycles. The largest absolute Gasteiger partial charge is 0.352 e. The van der Waals surface area contributed by atoms with E-state index in [2.05, 4.69) is 5.32 Å². The molecule has 246 valence electrons. The third kappa shape index (κ3) is 8.30. The number of carbonyl (C=O) groups is 2. The van der Waals surface area contributed by atoms with E-state index in [-0.39, 0.29) is 23.4 Å². The molecule has 1 fully saturated rings. The predicted molar refractivity (Wildman–Crippen MR) is 188 cm³/mol. The Bertz CT molecular complexity index is 1800. The molecule has 7 nitrogen and oxygen atoms in total. The van der Waals surface area contributed by atoms with Gasteiger partial charge in [-0.3, -0.25) is 13.9 Å². The molecule has 2 amide bonds. The van der Waals surface area contributed by atoms with Crippen molar-refractivity contribution in [3.63, 3.8) is 0 Å². The summed E-state index contributed by atoms with van der Waals surface area (Å²) in [4.78, 5) is 30.7. The summed E-state index contributed by atoms with van der Waals surface area (Å²) in [6.07, 6.45) is 4.23. The maximum absolute atomic E-state index is 14.8. The van der Waals surface area contributed by atoms with Gasteiger partial charge in [-0.15, -0.1) is 0 Å². The van der Waals surface area contributed by atoms with Crippen LogP contribution in [0.5, 0.6) is 0 Å². The molecule has 0 aliphatic heterocycles. The Morgan fingerprint density at radius 3 is 2.11 bits per heavy atom. The molecule has 0 bridgehead atoms. The van der Waals surface area contributed by atoms with E-state index in [4.69, 9.17) is 0 Å². The summed E-state index contributed by atoms with van der Waals surface area (Å²) in [5.74, 6) is -0.672. The Kier molecular flexibility index (Phi) is 10.8.